The summed E-state index contributed by atoms with van der Waals surface area (Å²) in [6, 6.07) is 11.8. The van der Waals surface area contributed by atoms with Crippen LogP contribution in [0.2, 0.25) is 0 Å². The number of thiazole rings is 1. The van der Waals surface area contributed by atoms with Crippen molar-refractivity contribution in [2.75, 3.05) is 33.9 Å². The fraction of sp³-hybridized carbons (Fsp3) is 0.414. The lowest BCUT2D eigenvalue weighted by atomic mass is 9.82. The van der Waals surface area contributed by atoms with Gasteiger partial charge in [-0.1, -0.05) is 25.1 Å². The van der Waals surface area contributed by atoms with Gasteiger partial charge in [0.05, 0.1) is 36.5 Å². The summed E-state index contributed by atoms with van der Waals surface area (Å²) in [4.78, 5) is 37.6. The third-order valence-corrected chi connectivity index (χ3v) is 9.29. The van der Waals surface area contributed by atoms with Gasteiger partial charge in [-0.2, -0.15) is 0 Å². The fourth-order valence-electron chi connectivity index (χ4n) is 6.44. The predicted molar refractivity (Wildman–Crippen MR) is 147 cm³/mol. The van der Waals surface area contributed by atoms with Gasteiger partial charge < -0.3 is 19.3 Å². The average Bonchev–Trinajstić information content (AvgIpc) is 3.40. The van der Waals surface area contributed by atoms with E-state index in [0.717, 1.165) is 32.8 Å². The van der Waals surface area contributed by atoms with Crippen LogP contribution in [0.4, 0.5) is 4.79 Å². The van der Waals surface area contributed by atoms with E-state index in [1.807, 2.05) is 58.0 Å². The SMILES string of the molecule is CCN1C(=O)N2Cc3cc(OC)cc(OC)c3C(C)C=C2C12CCN(C(=O)c1nc3ccccc3s1)CC2. The molecule has 3 aliphatic heterocycles. The van der Waals surface area contributed by atoms with Crippen molar-refractivity contribution in [1.82, 2.24) is 19.7 Å². The van der Waals surface area contributed by atoms with Gasteiger partial charge >= 0.3 is 6.03 Å². The molecular weight excluding hydrogens is 500 g/mol. The van der Waals surface area contributed by atoms with Crippen LogP contribution in [0.15, 0.2) is 48.2 Å². The number of nitrogens with zero attached hydrogens (tertiary/aromatic N) is 4. The number of piperidine rings is 1. The van der Waals surface area contributed by atoms with Crippen LogP contribution in [0.5, 0.6) is 11.5 Å². The number of carbonyl (C=O) groups is 2. The van der Waals surface area contributed by atoms with Crippen molar-refractivity contribution in [2.24, 2.45) is 0 Å². The van der Waals surface area contributed by atoms with Gasteiger partial charge in [-0.15, -0.1) is 11.3 Å². The zero-order chi connectivity index (χ0) is 26.6. The maximum Gasteiger partial charge on any atom is 0.325 e. The first-order valence-corrected chi connectivity index (χ1v) is 13.9. The fourth-order valence-corrected chi connectivity index (χ4v) is 7.38. The van der Waals surface area contributed by atoms with Gasteiger partial charge in [-0.05, 0) is 43.5 Å². The van der Waals surface area contributed by atoms with Crippen LogP contribution in [-0.2, 0) is 6.54 Å². The Hall–Kier alpha value is -3.59. The summed E-state index contributed by atoms with van der Waals surface area (Å²) in [6.45, 7) is 6.41. The van der Waals surface area contributed by atoms with E-state index in [1.54, 1.807) is 14.2 Å². The van der Waals surface area contributed by atoms with E-state index in [2.05, 4.69) is 18.0 Å². The van der Waals surface area contributed by atoms with Crippen LogP contribution < -0.4 is 9.47 Å². The van der Waals surface area contributed by atoms with Crippen LogP contribution in [0.3, 0.4) is 0 Å². The molecule has 1 unspecified atom stereocenters. The first kappa shape index (κ1) is 24.7. The van der Waals surface area contributed by atoms with Crippen LogP contribution in [0.25, 0.3) is 10.2 Å². The Morgan fingerprint density at radius 1 is 1.16 bits per heavy atom. The van der Waals surface area contributed by atoms with Crippen molar-refractivity contribution in [1.29, 1.82) is 0 Å². The third kappa shape index (κ3) is 3.66. The molecule has 1 spiro atoms. The Morgan fingerprint density at radius 3 is 2.61 bits per heavy atom. The quantitative estimate of drug-likeness (QED) is 0.459. The van der Waals surface area contributed by atoms with Crippen molar-refractivity contribution >= 4 is 33.5 Å². The molecule has 4 heterocycles. The monoisotopic (exact) mass is 532 g/mol. The van der Waals surface area contributed by atoms with Gasteiger partial charge in [0.2, 0.25) is 0 Å². The van der Waals surface area contributed by atoms with E-state index in [-0.39, 0.29) is 17.9 Å². The molecule has 6 rings (SSSR count). The Bertz CT molecular complexity index is 1420. The number of likely N-dealkylation sites (N-methyl/N-ethyl adjacent to an activating group) is 1. The summed E-state index contributed by atoms with van der Waals surface area (Å²) in [7, 11) is 3.31. The second-order valence-electron chi connectivity index (χ2n) is 10.2. The standard InChI is InChI=1S/C29H32N4O4S/c1-5-33-28(35)32-17-19-15-20(36-3)16-22(37-4)25(19)18(2)14-24(32)29(33)10-12-31(13-11-29)27(34)26-30-21-8-6-7-9-23(21)38-26/h6-9,14-16,18H,5,10-13,17H2,1-4H3. The normalized spacial score (nSPS) is 20.3. The number of carbonyl (C=O) groups excluding carboxylic acids is 2. The zero-order valence-electron chi connectivity index (χ0n) is 22.2. The highest BCUT2D eigenvalue weighted by atomic mass is 32.1. The second-order valence-corrected chi connectivity index (χ2v) is 11.2. The van der Waals surface area contributed by atoms with Gasteiger partial charge in [-0.3, -0.25) is 9.69 Å². The molecule has 0 aliphatic carbocycles. The molecule has 2 saturated heterocycles. The van der Waals surface area contributed by atoms with Gasteiger partial charge in [-0.25, -0.2) is 9.78 Å². The van der Waals surface area contributed by atoms with Crippen molar-refractivity contribution in [3.63, 3.8) is 0 Å². The first-order valence-electron chi connectivity index (χ1n) is 13.1. The van der Waals surface area contributed by atoms with Crippen LogP contribution in [0, 0.1) is 0 Å². The van der Waals surface area contributed by atoms with Crippen molar-refractivity contribution in [3.8, 4) is 11.5 Å². The molecule has 38 heavy (non-hydrogen) atoms. The molecule has 0 saturated carbocycles. The summed E-state index contributed by atoms with van der Waals surface area (Å²) < 4.78 is 12.3. The number of para-hydroxylation sites is 1. The van der Waals surface area contributed by atoms with Crippen molar-refractivity contribution in [3.05, 3.63) is 64.3 Å². The molecule has 3 aliphatic rings. The number of ether oxygens (including phenoxy) is 2. The number of hydrogen-bond donors (Lipinski definition) is 0. The highest BCUT2D eigenvalue weighted by molar-refractivity contribution is 7.20. The largest absolute Gasteiger partial charge is 0.497 e. The Balaban J connectivity index is 1.32. The van der Waals surface area contributed by atoms with Crippen molar-refractivity contribution < 1.29 is 19.1 Å². The summed E-state index contributed by atoms with van der Waals surface area (Å²) in [6.07, 6.45) is 3.61. The Morgan fingerprint density at radius 2 is 1.92 bits per heavy atom. The summed E-state index contributed by atoms with van der Waals surface area (Å²) in [5, 5.41) is 0.525. The molecule has 1 atom stereocenters. The zero-order valence-corrected chi connectivity index (χ0v) is 23.0. The lowest BCUT2D eigenvalue weighted by Gasteiger charge is -2.44. The second kappa shape index (κ2) is 9.31. The molecule has 2 aromatic carbocycles. The van der Waals surface area contributed by atoms with E-state index in [4.69, 9.17) is 9.47 Å². The number of rotatable bonds is 4. The molecule has 0 bridgehead atoms. The van der Waals surface area contributed by atoms with Crippen LogP contribution in [-0.4, -0.2) is 71.0 Å². The van der Waals surface area contributed by atoms with E-state index in [9.17, 15) is 9.59 Å². The molecule has 9 heteroatoms. The maximum atomic E-state index is 13.8. The maximum absolute atomic E-state index is 13.8. The first-order chi connectivity index (χ1) is 18.4. The summed E-state index contributed by atoms with van der Waals surface area (Å²) in [5.74, 6) is 1.51. The number of fused-ring (bicyclic) bond motifs is 4. The lowest BCUT2D eigenvalue weighted by Crippen LogP contribution is -2.54. The van der Waals surface area contributed by atoms with E-state index < -0.39 is 5.54 Å². The number of allylic oxidation sites excluding steroid dienone is 1. The van der Waals surface area contributed by atoms with Crippen LogP contribution in [0.1, 0.15) is 53.5 Å². The van der Waals surface area contributed by atoms with E-state index >= 15 is 0 Å². The number of amides is 3. The molecule has 0 radical (unpaired) electrons. The minimum atomic E-state index is -0.441. The molecule has 198 valence electrons. The molecule has 3 aromatic rings. The van der Waals surface area contributed by atoms with E-state index in [1.165, 1.54) is 11.3 Å². The Labute approximate surface area is 226 Å². The Kier molecular flexibility index (Phi) is 6.06. The van der Waals surface area contributed by atoms with Crippen LogP contribution >= 0.6 is 11.3 Å². The number of likely N-dealkylation sites (tertiary alicyclic amines) is 1. The number of benzene rings is 2. The minimum absolute atomic E-state index is 0.0199. The highest BCUT2D eigenvalue weighted by Gasteiger charge is 2.55. The molecule has 3 amide bonds. The van der Waals surface area contributed by atoms with Gasteiger partial charge in [0.25, 0.3) is 5.91 Å². The molecule has 8 nitrogen and oxygen atoms in total. The average molecular weight is 533 g/mol. The highest BCUT2D eigenvalue weighted by Crippen LogP contribution is 2.49. The topological polar surface area (TPSA) is 75.2 Å². The number of urea groups is 1. The number of methoxy groups -OCH3 is 2. The predicted octanol–water partition coefficient (Wildman–Crippen LogP) is 5.25. The van der Waals surface area contributed by atoms with Crippen molar-refractivity contribution in [2.45, 2.75) is 44.7 Å². The van der Waals surface area contributed by atoms with Gasteiger partial charge in [0, 0.05) is 42.9 Å². The molecule has 0 N–H and O–H groups in total. The number of aromatic nitrogens is 1. The molecule has 2 fully saturated rings. The number of hydrogen-bond acceptors (Lipinski definition) is 6. The summed E-state index contributed by atoms with van der Waals surface area (Å²) in [5.41, 5.74) is 3.58. The van der Waals surface area contributed by atoms with Gasteiger partial charge in [0.1, 0.15) is 11.5 Å². The third-order valence-electron chi connectivity index (χ3n) is 8.27. The minimum Gasteiger partial charge on any atom is -0.497 e. The lowest BCUT2D eigenvalue weighted by molar-refractivity contribution is 0.0575. The molecule has 1 aromatic heterocycles. The molecular formula is C29H32N4O4S. The summed E-state index contributed by atoms with van der Waals surface area (Å²) >= 11 is 1.44. The smallest absolute Gasteiger partial charge is 0.325 e. The van der Waals surface area contributed by atoms with E-state index in [0.29, 0.717) is 49.8 Å². The van der Waals surface area contributed by atoms with Gasteiger partial charge in [0.15, 0.2) is 5.01 Å².